The van der Waals surface area contributed by atoms with Crippen molar-refractivity contribution in [1.82, 2.24) is 0 Å². The first-order valence-electron chi connectivity index (χ1n) is 6.50. The van der Waals surface area contributed by atoms with Crippen LogP contribution in [0.1, 0.15) is 41.2 Å². The average Bonchev–Trinajstić information content (AvgIpc) is 2.75. The van der Waals surface area contributed by atoms with E-state index in [1.165, 1.54) is 16.7 Å². The SMILES string of the molecule is CCc1ccc(C(N)Cc2cc(C)cc(C)c2)o1. The van der Waals surface area contributed by atoms with E-state index >= 15 is 0 Å². The van der Waals surface area contributed by atoms with Crippen molar-refractivity contribution in [1.29, 1.82) is 0 Å². The van der Waals surface area contributed by atoms with Crippen LogP contribution in [0.5, 0.6) is 0 Å². The second kappa shape index (κ2) is 5.40. The Labute approximate surface area is 109 Å². The summed E-state index contributed by atoms with van der Waals surface area (Å²) in [6.07, 6.45) is 1.73. The summed E-state index contributed by atoms with van der Waals surface area (Å²) in [4.78, 5) is 0. The highest BCUT2D eigenvalue weighted by molar-refractivity contribution is 5.29. The summed E-state index contributed by atoms with van der Waals surface area (Å²) in [5.41, 5.74) is 10.0. The molecule has 0 aliphatic rings. The molecule has 1 atom stereocenters. The first-order chi connectivity index (χ1) is 8.58. The number of benzene rings is 1. The number of rotatable bonds is 4. The molecule has 18 heavy (non-hydrogen) atoms. The van der Waals surface area contributed by atoms with Gasteiger partial charge in [-0.3, -0.25) is 0 Å². The van der Waals surface area contributed by atoms with E-state index in [2.05, 4.69) is 39.0 Å². The average molecular weight is 243 g/mol. The van der Waals surface area contributed by atoms with E-state index in [-0.39, 0.29) is 6.04 Å². The number of aryl methyl sites for hydroxylation is 3. The van der Waals surface area contributed by atoms with Crippen molar-refractivity contribution in [2.75, 3.05) is 0 Å². The molecule has 0 saturated carbocycles. The van der Waals surface area contributed by atoms with Crippen LogP contribution in [0, 0.1) is 13.8 Å². The highest BCUT2D eigenvalue weighted by atomic mass is 16.3. The van der Waals surface area contributed by atoms with Gasteiger partial charge in [0.15, 0.2) is 0 Å². The maximum atomic E-state index is 6.20. The van der Waals surface area contributed by atoms with E-state index in [1.807, 2.05) is 12.1 Å². The Bertz CT molecular complexity index is 507. The summed E-state index contributed by atoms with van der Waals surface area (Å²) >= 11 is 0. The third kappa shape index (κ3) is 3.02. The fourth-order valence-electron chi connectivity index (χ4n) is 2.33. The molecular formula is C16H21NO. The maximum Gasteiger partial charge on any atom is 0.121 e. The molecule has 96 valence electrons. The third-order valence-corrected chi connectivity index (χ3v) is 3.13. The second-order valence-electron chi connectivity index (χ2n) is 4.96. The minimum Gasteiger partial charge on any atom is -0.464 e. The minimum absolute atomic E-state index is 0.0634. The molecule has 1 aromatic carbocycles. The van der Waals surface area contributed by atoms with Gasteiger partial charge >= 0.3 is 0 Å². The van der Waals surface area contributed by atoms with Crippen molar-refractivity contribution in [3.8, 4) is 0 Å². The molecule has 0 amide bonds. The van der Waals surface area contributed by atoms with Crippen LogP contribution in [0.3, 0.4) is 0 Å². The van der Waals surface area contributed by atoms with E-state index in [0.29, 0.717) is 0 Å². The number of nitrogens with two attached hydrogens (primary N) is 1. The molecule has 0 spiro atoms. The zero-order valence-electron chi connectivity index (χ0n) is 11.4. The molecule has 0 saturated heterocycles. The lowest BCUT2D eigenvalue weighted by Gasteiger charge is -2.10. The van der Waals surface area contributed by atoms with Gasteiger partial charge in [-0.2, -0.15) is 0 Å². The van der Waals surface area contributed by atoms with Crippen molar-refractivity contribution in [2.45, 2.75) is 39.7 Å². The monoisotopic (exact) mass is 243 g/mol. The van der Waals surface area contributed by atoms with Crippen LogP contribution in [0.25, 0.3) is 0 Å². The molecule has 0 bridgehead atoms. The molecule has 1 heterocycles. The van der Waals surface area contributed by atoms with Crippen LogP contribution in [-0.2, 0) is 12.8 Å². The molecule has 0 radical (unpaired) electrons. The van der Waals surface area contributed by atoms with Crippen molar-refractivity contribution < 1.29 is 4.42 Å². The van der Waals surface area contributed by atoms with E-state index < -0.39 is 0 Å². The Morgan fingerprint density at radius 3 is 2.33 bits per heavy atom. The molecule has 2 rings (SSSR count). The van der Waals surface area contributed by atoms with Gasteiger partial charge in [0.1, 0.15) is 11.5 Å². The maximum absolute atomic E-state index is 6.20. The van der Waals surface area contributed by atoms with Gasteiger partial charge in [-0.1, -0.05) is 36.2 Å². The summed E-state index contributed by atoms with van der Waals surface area (Å²) in [6.45, 7) is 6.31. The van der Waals surface area contributed by atoms with Crippen molar-refractivity contribution in [2.24, 2.45) is 5.73 Å². The smallest absolute Gasteiger partial charge is 0.121 e. The number of hydrogen-bond acceptors (Lipinski definition) is 2. The summed E-state index contributed by atoms with van der Waals surface area (Å²) in [7, 11) is 0. The second-order valence-corrected chi connectivity index (χ2v) is 4.96. The quantitative estimate of drug-likeness (QED) is 0.889. The van der Waals surface area contributed by atoms with Gasteiger partial charge in [0.25, 0.3) is 0 Å². The van der Waals surface area contributed by atoms with Gasteiger partial charge in [-0.15, -0.1) is 0 Å². The standard InChI is InChI=1S/C16H21NO/c1-4-14-5-6-16(18-14)15(17)10-13-8-11(2)7-12(3)9-13/h5-9,15H,4,10,17H2,1-3H3. The Morgan fingerprint density at radius 1 is 1.11 bits per heavy atom. The lowest BCUT2D eigenvalue weighted by molar-refractivity contribution is 0.434. The van der Waals surface area contributed by atoms with Crippen LogP contribution >= 0.6 is 0 Å². The highest BCUT2D eigenvalue weighted by Gasteiger charge is 2.11. The van der Waals surface area contributed by atoms with E-state index in [1.54, 1.807) is 0 Å². The fraction of sp³-hybridized carbons (Fsp3) is 0.375. The van der Waals surface area contributed by atoms with E-state index in [0.717, 1.165) is 24.4 Å². The predicted molar refractivity (Wildman–Crippen MR) is 74.6 cm³/mol. The lowest BCUT2D eigenvalue weighted by atomic mass is 10.0. The van der Waals surface area contributed by atoms with Gasteiger partial charge in [0.2, 0.25) is 0 Å². The van der Waals surface area contributed by atoms with Crippen LogP contribution in [0.15, 0.2) is 34.7 Å². The Hall–Kier alpha value is -1.54. The summed E-state index contributed by atoms with van der Waals surface area (Å²) in [5.74, 6) is 1.88. The lowest BCUT2D eigenvalue weighted by Crippen LogP contribution is -2.12. The van der Waals surface area contributed by atoms with Gasteiger partial charge < -0.3 is 10.2 Å². The zero-order chi connectivity index (χ0) is 13.1. The molecule has 2 N–H and O–H groups in total. The largest absolute Gasteiger partial charge is 0.464 e. The molecule has 2 heteroatoms. The van der Waals surface area contributed by atoms with Crippen LogP contribution in [-0.4, -0.2) is 0 Å². The summed E-state index contributed by atoms with van der Waals surface area (Å²) < 4.78 is 5.70. The zero-order valence-corrected chi connectivity index (χ0v) is 11.4. The molecular weight excluding hydrogens is 222 g/mol. The first kappa shape index (κ1) is 12.9. The van der Waals surface area contributed by atoms with Crippen LogP contribution in [0.4, 0.5) is 0 Å². The predicted octanol–water partition coefficient (Wildman–Crippen LogP) is 3.70. The Morgan fingerprint density at radius 2 is 1.78 bits per heavy atom. The van der Waals surface area contributed by atoms with Crippen molar-refractivity contribution in [3.05, 3.63) is 58.5 Å². The third-order valence-electron chi connectivity index (χ3n) is 3.13. The highest BCUT2D eigenvalue weighted by Crippen LogP contribution is 2.20. The Kier molecular flexibility index (Phi) is 3.87. The summed E-state index contributed by atoms with van der Waals surface area (Å²) in [6, 6.07) is 10.5. The minimum atomic E-state index is -0.0634. The molecule has 1 unspecified atom stereocenters. The van der Waals surface area contributed by atoms with E-state index in [4.69, 9.17) is 10.2 Å². The van der Waals surface area contributed by atoms with Crippen molar-refractivity contribution in [3.63, 3.8) is 0 Å². The fourth-order valence-corrected chi connectivity index (χ4v) is 2.33. The normalized spacial score (nSPS) is 12.7. The van der Waals surface area contributed by atoms with Gasteiger partial charge in [0, 0.05) is 6.42 Å². The van der Waals surface area contributed by atoms with Crippen LogP contribution < -0.4 is 5.73 Å². The molecule has 2 nitrogen and oxygen atoms in total. The van der Waals surface area contributed by atoms with Gasteiger partial charge in [-0.05, 0) is 38.0 Å². The Balaban J connectivity index is 2.12. The molecule has 0 aliphatic carbocycles. The molecule has 0 fully saturated rings. The van der Waals surface area contributed by atoms with Gasteiger partial charge in [-0.25, -0.2) is 0 Å². The number of hydrogen-bond donors (Lipinski definition) is 1. The van der Waals surface area contributed by atoms with Crippen molar-refractivity contribution >= 4 is 0 Å². The first-order valence-corrected chi connectivity index (χ1v) is 6.50. The summed E-state index contributed by atoms with van der Waals surface area (Å²) in [5, 5.41) is 0. The number of furan rings is 1. The molecule has 1 aromatic heterocycles. The topological polar surface area (TPSA) is 39.2 Å². The van der Waals surface area contributed by atoms with E-state index in [9.17, 15) is 0 Å². The molecule has 0 aliphatic heterocycles. The van der Waals surface area contributed by atoms with Gasteiger partial charge in [0.05, 0.1) is 6.04 Å². The van der Waals surface area contributed by atoms with Crippen LogP contribution in [0.2, 0.25) is 0 Å². The molecule has 2 aromatic rings.